The molecule has 3 heterocycles. The molecule has 0 aliphatic carbocycles. The average molecular weight is 463 g/mol. The van der Waals surface area contributed by atoms with Gasteiger partial charge in [-0.3, -0.25) is 9.59 Å². The summed E-state index contributed by atoms with van der Waals surface area (Å²) in [4.78, 5) is 30.2. The van der Waals surface area contributed by atoms with Gasteiger partial charge in [-0.25, -0.2) is 0 Å². The second-order valence-electron chi connectivity index (χ2n) is 8.45. The van der Waals surface area contributed by atoms with Crippen LogP contribution < -0.4 is 4.74 Å². The highest BCUT2D eigenvalue weighted by Crippen LogP contribution is 2.39. The molecule has 0 spiro atoms. The maximum Gasteiger partial charge on any atom is 0.290 e. The van der Waals surface area contributed by atoms with Crippen LogP contribution in [0.1, 0.15) is 36.6 Å². The predicted octanol–water partition coefficient (Wildman–Crippen LogP) is 4.31. The molecule has 4 rings (SSSR count). The van der Waals surface area contributed by atoms with Crippen LogP contribution in [0.15, 0.2) is 77.1 Å². The highest BCUT2D eigenvalue weighted by Gasteiger charge is 2.43. The van der Waals surface area contributed by atoms with Gasteiger partial charge >= 0.3 is 0 Å². The van der Waals surface area contributed by atoms with Crippen molar-refractivity contribution in [1.82, 2.24) is 9.80 Å². The molecular weight excluding hydrogens is 432 g/mol. The number of nitrogens with zero attached hydrogens (tertiary/aromatic N) is 2. The maximum atomic E-state index is 13.2. The van der Waals surface area contributed by atoms with Gasteiger partial charge < -0.3 is 24.1 Å². The van der Waals surface area contributed by atoms with Crippen molar-refractivity contribution in [2.24, 2.45) is 0 Å². The Hall–Kier alpha value is -3.58. The Morgan fingerprint density at radius 3 is 2.74 bits per heavy atom. The van der Waals surface area contributed by atoms with E-state index in [1.807, 2.05) is 18.2 Å². The van der Waals surface area contributed by atoms with Gasteiger partial charge in [-0.1, -0.05) is 31.2 Å². The van der Waals surface area contributed by atoms with Gasteiger partial charge in [-0.15, -0.1) is 0 Å². The molecule has 1 N–H and O–H groups in total. The summed E-state index contributed by atoms with van der Waals surface area (Å²) < 4.78 is 10.9. The van der Waals surface area contributed by atoms with Crippen LogP contribution in [-0.4, -0.2) is 59.4 Å². The van der Waals surface area contributed by atoms with Crippen LogP contribution in [0, 0.1) is 0 Å². The Morgan fingerprint density at radius 1 is 1.18 bits per heavy atom. The van der Waals surface area contributed by atoms with Crippen molar-refractivity contribution in [2.45, 2.75) is 25.3 Å². The number of carbonyl (C=O) groups is 2. The second kappa shape index (κ2) is 11.0. The lowest BCUT2D eigenvalue weighted by Crippen LogP contribution is -2.40. The number of aliphatic hydroxyl groups is 1. The number of ketones is 1. The molecule has 0 radical (unpaired) electrons. The quantitative estimate of drug-likeness (QED) is 0.419. The van der Waals surface area contributed by atoms with Gasteiger partial charge in [-0.2, -0.15) is 0 Å². The van der Waals surface area contributed by atoms with E-state index in [4.69, 9.17) is 9.15 Å². The minimum atomic E-state index is -0.710. The Morgan fingerprint density at radius 2 is 2.00 bits per heavy atom. The summed E-state index contributed by atoms with van der Waals surface area (Å²) >= 11 is 0. The fourth-order valence-corrected chi connectivity index (χ4v) is 4.48. The number of rotatable bonds is 10. The Bertz CT molecular complexity index is 1080. The summed E-state index contributed by atoms with van der Waals surface area (Å²) in [6.07, 6.45) is 9.54. The largest absolute Gasteiger partial charge is 0.503 e. The molecule has 7 nitrogen and oxygen atoms in total. The summed E-state index contributed by atoms with van der Waals surface area (Å²) in [6, 6.07) is 10.0. The first-order chi connectivity index (χ1) is 16.6. The summed E-state index contributed by atoms with van der Waals surface area (Å²) in [5.41, 5.74) is 0.764. The third-order valence-electron chi connectivity index (χ3n) is 6.16. The Kier molecular flexibility index (Phi) is 7.65. The number of amides is 1. The molecule has 34 heavy (non-hydrogen) atoms. The number of hydrogen-bond donors (Lipinski definition) is 1. The summed E-state index contributed by atoms with van der Waals surface area (Å²) in [7, 11) is 0. The minimum absolute atomic E-state index is 0.0623. The van der Waals surface area contributed by atoms with E-state index >= 15 is 0 Å². The van der Waals surface area contributed by atoms with Crippen molar-refractivity contribution < 1.29 is 23.8 Å². The van der Waals surface area contributed by atoms with Crippen LogP contribution in [0.4, 0.5) is 0 Å². The number of carbonyl (C=O) groups excluding carboxylic acids is 2. The van der Waals surface area contributed by atoms with E-state index in [1.165, 1.54) is 24.8 Å². The number of allylic oxidation sites excluding steroid dienone is 1. The van der Waals surface area contributed by atoms with Crippen LogP contribution in [0.3, 0.4) is 0 Å². The van der Waals surface area contributed by atoms with Crippen LogP contribution in [0.25, 0.3) is 6.08 Å². The molecule has 2 aromatic rings. The molecule has 1 atom stereocenters. The lowest BCUT2D eigenvalue weighted by atomic mass is 9.95. The highest BCUT2D eigenvalue weighted by atomic mass is 16.5. The Labute approximate surface area is 199 Å². The molecule has 2 aliphatic rings. The van der Waals surface area contributed by atoms with E-state index in [0.29, 0.717) is 36.8 Å². The molecule has 0 saturated carbocycles. The van der Waals surface area contributed by atoms with Gasteiger partial charge in [0, 0.05) is 13.1 Å². The SMILES string of the molecule is C=CCOc1cccc(C2C(C(=O)/C=C/c3ccco3)=C(O)C(=O)N2CCN2CCCCC2)c1. The van der Waals surface area contributed by atoms with Crippen LogP contribution in [0.2, 0.25) is 0 Å². The molecule has 1 aromatic carbocycles. The number of benzene rings is 1. The average Bonchev–Trinajstić information content (AvgIpc) is 3.47. The first-order valence-electron chi connectivity index (χ1n) is 11.6. The van der Waals surface area contributed by atoms with Crippen molar-refractivity contribution in [3.8, 4) is 5.75 Å². The predicted molar refractivity (Wildman–Crippen MR) is 129 cm³/mol. The number of piperidine rings is 1. The van der Waals surface area contributed by atoms with E-state index in [1.54, 1.807) is 29.2 Å². The van der Waals surface area contributed by atoms with Gasteiger partial charge in [0.2, 0.25) is 0 Å². The third-order valence-corrected chi connectivity index (χ3v) is 6.16. The first kappa shape index (κ1) is 23.6. The summed E-state index contributed by atoms with van der Waals surface area (Å²) in [6.45, 7) is 7.09. The van der Waals surface area contributed by atoms with Crippen LogP contribution in [-0.2, 0) is 9.59 Å². The van der Waals surface area contributed by atoms with Crippen molar-refractivity contribution in [3.05, 3.63) is 84.0 Å². The van der Waals surface area contributed by atoms with Gasteiger partial charge in [0.15, 0.2) is 11.5 Å². The number of hydrogen-bond acceptors (Lipinski definition) is 6. The number of furan rings is 1. The molecule has 7 heteroatoms. The normalized spacial score (nSPS) is 19.2. The zero-order valence-corrected chi connectivity index (χ0v) is 19.2. The zero-order valence-electron chi connectivity index (χ0n) is 19.2. The highest BCUT2D eigenvalue weighted by molar-refractivity contribution is 6.14. The third kappa shape index (κ3) is 5.31. The van der Waals surface area contributed by atoms with Crippen molar-refractivity contribution in [2.75, 3.05) is 32.8 Å². The molecular formula is C27H30N2O5. The van der Waals surface area contributed by atoms with E-state index < -0.39 is 23.5 Å². The minimum Gasteiger partial charge on any atom is -0.503 e. The van der Waals surface area contributed by atoms with Crippen LogP contribution >= 0.6 is 0 Å². The molecule has 1 amide bonds. The Balaban J connectivity index is 1.64. The van der Waals surface area contributed by atoms with Gasteiger partial charge in [0.1, 0.15) is 18.1 Å². The topological polar surface area (TPSA) is 83.2 Å². The molecule has 1 fully saturated rings. The van der Waals surface area contributed by atoms with Crippen molar-refractivity contribution >= 4 is 17.8 Å². The molecule has 1 unspecified atom stereocenters. The smallest absolute Gasteiger partial charge is 0.290 e. The molecule has 2 aliphatic heterocycles. The van der Waals surface area contributed by atoms with Crippen LogP contribution in [0.5, 0.6) is 5.75 Å². The van der Waals surface area contributed by atoms with Crippen molar-refractivity contribution in [3.63, 3.8) is 0 Å². The number of ether oxygens (including phenoxy) is 1. The lowest BCUT2D eigenvalue weighted by molar-refractivity contribution is -0.129. The van der Waals surface area contributed by atoms with E-state index in [2.05, 4.69) is 11.5 Å². The monoisotopic (exact) mass is 462 g/mol. The summed E-state index contributed by atoms with van der Waals surface area (Å²) in [5, 5.41) is 10.8. The fraction of sp³-hybridized carbons (Fsp3) is 0.333. The van der Waals surface area contributed by atoms with E-state index in [9.17, 15) is 14.7 Å². The zero-order chi connectivity index (χ0) is 23.9. The number of likely N-dealkylation sites (tertiary alicyclic amines) is 1. The molecule has 1 saturated heterocycles. The molecule has 0 bridgehead atoms. The van der Waals surface area contributed by atoms with E-state index in [0.717, 1.165) is 25.9 Å². The first-order valence-corrected chi connectivity index (χ1v) is 11.6. The standard InChI is InChI=1S/C27H30N2O5/c1-2-17-33-22-9-6-8-20(19-22)25-24(23(30)12-11-21-10-7-18-34-21)26(31)27(32)29(25)16-15-28-13-4-3-5-14-28/h2,6-12,18-19,25,31H,1,3-5,13-17H2/b12-11+. The van der Waals surface area contributed by atoms with Gasteiger partial charge in [-0.05, 0) is 67.9 Å². The maximum absolute atomic E-state index is 13.2. The van der Waals surface area contributed by atoms with Crippen molar-refractivity contribution in [1.29, 1.82) is 0 Å². The number of aliphatic hydroxyl groups excluding tert-OH is 1. The summed E-state index contributed by atoms with van der Waals surface area (Å²) in [5.74, 6) is -0.365. The van der Waals surface area contributed by atoms with Gasteiger partial charge in [0.05, 0.1) is 17.9 Å². The fourth-order valence-electron chi connectivity index (χ4n) is 4.48. The second-order valence-corrected chi connectivity index (χ2v) is 8.45. The molecule has 1 aromatic heterocycles. The molecule has 178 valence electrons. The lowest BCUT2D eigenvalue weighted by Gasteiger charge is -2.31. The van der Waals surface area contributed by atoms with Gasteiger partial charge in [0.25, 0.3) is 5.91 Å². The van der Waals surface area contributed by atoms with E-state index in [-0.39, 0.29) is 5.57 Å².